The molecule has 0 atom stereocenters. The maximum Gasteiger partial charge on any atom is 0.311 e. The summed E-state index contributed by atoms with van der Waals surface area (Å²) in [6.45, 7) is 0.128. The molecule has 1 aromatic carbocycles. The Morgan fingerprint density at radius 2 is 2.14 bits per heavy atom. The molecule has 0 aliphatic carbocycles. The van der Waals surface area contributed by atoms with E-state index in [1.807, 2.05) is 12.1 Å². The molecule has 0 saturated carbocycles. The predicted octanol–water partition coefficient (Wildman–Crippen LogP) is 2.62. The number of rotatable bonds is 6. The normalized spacial score (nSPS) is 10.0. The molecule has 0 fully saturated rings. The fourth-order valence-electron chi connectivity index (χ4n) is 1.74. The first-order valence-electron chi connectivity index (χ1n) is 6.23. The van der Waals surface area contributed by atoms with Crippen LogP contribution in [0.2, 0.25) is 0 Å². The van der Waals surface area contributed by atoms with Crippen LogP contribution < -0.4 is 14.8 Å². The Kier molecular flexibility index (Phi) is 4.55. The number of ether oxygens (including phenoxy) is 2. The predicted molar refractivity (Wildman–Crippen MR) is 77.8 cm³/mol. The summed E-state index contributed by atoms with van der Waals surface area (Å²) in [5, 5.41) is 13.9. The molecule has 7 heteroatoms. The Morgan fingerprint density at radius 1 is 1.33 bits per heavy atom. The van der Waals surface area contributed by atoms with E-state index in [9.17, 15) is 10.1 Å². The lowest BCUT2D eigenvalue weighted by atomic mass is 10.3. The fraction of sp³-hybridized carbons (Fsp3) is 0.214. The van der Waals surface area contributed by atoms with Crippen LogP contribution in [0.4, 0.5) is 11.5 Å². The zero-order valence-corrected chi connectivity index (χ0v) is 11.7. The third kappa shape index (κ3) is 3.59. The van der Waals surface area contributed by atoms with Gasteiger partial charge in [-0.15, -0.1) is 0 Å². The number of hydrogen-bond donors (Lipinski definition) is 1. The zero-order chi connectivity index (χ0) is 15.2. The van der Waals surface area contributed by atoms with Crippen molar-refractivity contribution >= 4 is 11.5 Å². The van der Waals surface area contributed by atoms with Gasteiger partial charge in [-0.2, -0.15) is 0 Å². The molecule has 2 rings (SSSR count). The largest absolute Gasteiger partial charge is 0.497 e. The quantitative estimate of drug-likeness (QED) is 0.649. The van der Waals surface area contributed by atoms with Crippen LogP contribution in [0.15, 0.2) is 36.4 Å². The van der Waals surface area contributed by atoms with Gasteiger partial charge in [-0.1, -0.05) is 6.07 Å². The third-order valence-electron chi connectivity index (χ3n) is 2.80. The first-order chi connectivity index (χ1) is 10.1. The van der Waals surface area contributed by atoms with Gasteiger partial charge in [0.2, 0.25) is 5.75 Å². The molecule has 1 heterocycles. The maximum atomic E-state index is 11.0. The van der Waals surface area contributed by atoms with Crippen molar-refractivity contribution in [2.24, 2.45) is 0 Å². The SMILES string of the molecule is CNc1cccc(COc2cc(OC)ccc2[N+](=O)[O-])n1. The van der Waals surface area contributed by atoms with Crippen molar-refractivity contribution in [3.05, 3.63) is 52.2 Å². The smallest absolute Gasteiger partial charge is 0.311 e. The van der Waals surface area contributed by atoms with Gasteiger partial charge in [-0.3, -0.25) is 10.1 Å². The molecule has 21 heavy (non-hydrogen) atoms. The molecule has 0 bridgehead atoms. The van der Waals surface area contributed by atoms with Gasteiger partial charge in [0.15, 0.2) is 0 Å². The van der Waals surface area contributed by atoms with E-state index in [-0.39, 0.29) is 18.0 Å². The molecule has 0 aliphatic rings. The first-order valence-corrected chi connectivity index (χ1v) is 6.23. The average Bonchev–Trinajstić information content (AvgIpc) is 2.52. The Hall–Kier alpha value is -2.83. The van der Waals surface area contributed by atoms with Crippen LogP contribution in [0.1, 0.15) is 5.69 Å². The van der Waals surface area contributed by atoms with Crippen molar-refractivity contribution in [1.29, 1.82) is 0 Å². The van der Waals surface area contributed by atoms with E-state index < -0.39 is 4.92 Å². The second kappa shape index (κ2) is 6.56. The molecule has 0 unspecified atom stereocenters. The number of aromatic nitrogens is 1. The summed E-state index contributed by atoms with van der Waals surface area (Å²) in [4.78, 5) is 14.8. The highest BCUT2D eigenvalue weighted by Crippen LogP contribution is 2.31. The lowest BCUT2D eigenvalue weighted by molar-refractivity contribution is -0.386. The van der Waals surface area contributed by atoms with Crippen molar-refractivity contribution in [3.8, 4) is 11.5 Å². The van der Waals surface area contributed by atoms with E-state index in [1.54, 1.807) is 13.1 Å². The van der Waals surface area contributed by atoms with E-state index in [4.69, 9.17) is 9.47 Å². The minimum Gasteiger partial charge on any atom is -0.497 e. The molecule has 110 valence electrons. The van der Waals surface area contributed by atoms with E-state index >= 15 is 0 Å². The minimum atomic E-state index is -0.494. The Bertz CT molecular complexity index is 646. The average molecular weight is 289 g/mol. The highest BCUT2D eigenvalue weighted by atomic mass is 16.6. The molecular formula is C14H15N3O4. The van der Waals surface area contributed by atoms with Crippen LogP contribution in [-0.4, -0.2) is 24.1 Å². The molecule has 0 aliphatic heterocycles. The second-order valence-corrected chi connectivity index (χ2v) is 4.14. The van der Waals surface area contributed by atoms with E-state index in [0.717, 1.165) is 0 Å². The van der Waals surface area contributed by atoms with E-state index in [1.165, 1.54) is 25.3 Å². The summed E-state index contributed by atoms with van der Waals surface area (Å²) in [6, 6.07) is 9.79. The van der Waals surface area contributed by atoms with Gasteiger partial charge in [-0.05, 0) is 18.2 Å². The maximum absolute atomic E-state index is 11.0. The number of nitro groups is 1. The van der Waals surface area contributed by atoms with Crippen LogP contribution in [0.5, 0.6) is 11.5 Å². The summed E-state index contributed by atoms with van der Waals surface area (Å²) >= 11 is 0. The summed E-state index contributed by atoms with van der Waals surface area (Å²) in [7, 11) is 3.25. The van der Waals surface area contributed by atoms with Crippen LogP contribution >= 0.6 is 0 Å². The molecule has 1 aromatic heterocycles. The molecular weight excluding hydrogens is 274 g/mol. The number of nitrogens with zero attached hydrogens (tertiary/aromatic N) is 2. The Balaban J connectivity index is 2.19. The highest BCUT2D eigenvalue weighted by molar-refractivity contribution is 5.50. The number of methoxy groups -OCH3 is 1. The summed E-state index contributed by atoms with van der Waals surface area (Å²) in [5.74, 6) is 1.35. The monoisotopic (exact) mass is 289 g/mol. The van der Waals surface area contributed by atoms with Gasteiger partial charge >= 0.3 is 5.69 Å². The number of anilines is 1. The lowest BCUT2D eigenvalue weighted by Gasteiger charge is -2.09. The van der Waals surface area contributed by atoms with Gasteiger partial charge in [0.05, 0.1) is 17.7 Å². The minimum absolute atomic E-state index is 0.111. The molecule has 0 spiro atoms. The molecule has 7 nitrogen and oxygen atoms in total. The molecule has 0 saturated heterocycles. The summed E-state index contributed by atoms with van der Waals surface area (Å²) < 4.78 is 10.6. The van der Waals surface area contributed by atoms with Crippen molar-refractivity contribution in [2.45, 2.75) is 6.61 Å². The number of nitrogens with one attached hydrogen (secondary N) is 1. The van der Waals surface area contributed by atoms with Crippen LogP contribution in [0.3, 0.4) is 0 Å². The summed E-state index contributed by atoms with van der Waals surface area (Å²) in [5.41, 5.74) is 0.555. The van der Waals surface area contributed by atoms with Crippen LogP contribution in [0.25, 0.3) is 0 Å². The first kappa shape index (κ1) is 14.6. The van der Waals surface area contributed by atoms with Gasteiger partial charge < -0.3 is 14.8 Å². The number of pyridine rings is 1. The second-order valence-electron chi connectivity index (χ2n) is 4.14. The Morgan fingerprint density at radius 3 is 2.81 bits per heavy atom. The summed E-state index contributed by atoms with van der Waals surface area (Å²) in [6.07, 6.45) is 0. The zero-order valence-electron chi connectivity index (χ0n) is 11.7. The van der Waals surface area contributed by atoms with Gasteiger partial charge in [0.1, 0.15) is 18.2 Å². The lowest BCUT2D eigenvalue weighted by Crippen LogP contribution is -2.02. The fourth-order valence-corrected chi connectivity index (χ4v) is 1.74. The Labute approximate surface area is 121 Å². The van der Waals surface area contributed by atoms with Crippen LogP contribution in [-0.2, 0) is 6.61 Å². The van der Waals surface area contributed by atoms with Crippen molar-refractivity contribution in [1.82, 2.24) is 4.98 Å². The standard InChI is InChI=1S/C14H15N3O4/c1-15-14-5-3-4-10(16-14)9-21-13-8-11(20-2)6-7-12(13)17(18)19/h3-8H,9H2,1-2H3,(H,15,16). The van der Waals surface area contributed by atoms with E-state index in [0.29, 0.717) is 17.3 Å². The topological polar surface area (TPSA) is 86.5 Å². The van der Waals surface area contributed by atoms with Gasteiger partial charge in [-0.25, -0.2) is 4.98 Å². The number of benzene rings is 1. The highest BCUT2D eigenvalue weighted by Gasteiger charge is 2.16. The van der Waals surface area contributed by atoms with Gasteiger partial charge in [0, 0.05) is 19.2 Å². The molecule has 2 aromatic rings. The van der Waals surface area contributed by atoms with E-state index in [2.05, 4.69) is 10.3 Å². The van der Waals surface area contributed by atoms with Crippen molar-refractivity contribution < 1.29 is 14.4 Å². The van der Waals surface area contributed by atoms with Crippen molar-refractivity contribution in [2.75, 3.05) is 19.5 Å². The molecule has 0 amide bonds. The number of hydrogen-bond acceptors (Lipinski definition) is 6. The molecule has 1 N–H and O–H groups in total. The molecule has 0 radical (unpaired) electrons. The van der Waals surface area contributed by atoms with Gasteiger partial charge in [0.25, 0.3) is 0 Å². The number of nitro benzene ring substituents is 1. The van der Waals surface area contributed by atoms with Crippen molar-refractivity contribution in [3.63, 3.8) is 0 Å². The third-order valence-corrected chi connectivity index (χ3v) is 2.80. The van der Waals surface area contributed by atoms with Crippen LogP contribution in [0, 0.1) is 10.1 Å².